The molecule has 0 atom stereocenters. The van der Waals surface area contributed by atoms with E-state index in [4.69, 9.17) is 4.74 Å². The number of rotatable bonds is 0. The third-order valence-corrected chi connectivity index (χ3v) is 4.33. The fraction of sp³-hybridized carbons (Fsp3) is 0.294. The molecular formula is C17H16OS. The van der Waals surface area contributed by atoms with E-state index in [-0.39, 0.29) is 5.41 Å². The second-order valence-electron chi connectivity index (χ2n) is 5.42. The maximum absolute atomic E-state index is 5.72. The molecule has 0 radical (unpaired) electrons. The normalized spacial score (nSPS) is 15.9. The monoisotopic (exact) mass is 268 g/mol. The summed E-state index contributed by atoms with van der Waals surface area (Å²) in [4.78, 5) is 1.10. The van der Waals surface area contributed by atoms with Crippen molar-refractivity contribution in [1.29, 1.82) is 0 Å². The predicted molar refractivity (Wildman–Crippen MR) is 79.9 cm³/mol. The smallest absolute Gasteiger partial charge is 0.123 e. The highest BCUT2D eigenvalue weighted by Crippen LogP contribution is 2.38. The lowest BCUT2D eigenvalue weighted by Crippen LogP contribution is -2.26. The molecule has 19 heavy (non-hydrogen) atoms. The van der Waals surface area contributed by atoms with Crippen LogP contribution in [0.4, 0.5) is 0 Å². The molecule has 0 N–H and O–H groups in total. The van der Waals surface area contributed by atoms with E-state index in [0.717, 1.165) is 29.2 Å². The van der Waals surface area contributed by atoms with Crippen molar-refractivity contribution in [2.75, 3.05) is 6.61 Å². The largest absolute Gasteiger partial charge is 0.493 e. The zero-order valence-electron chi connectivity index (χ0n) is 11.2. The summed E-state index contributed by atoms with van der Waals surface area (Å²) in [5.41, 5.74) is 2.51. The van der Waals surface area contributed by atoms with Crippen molar-refractivity contribution < 1.29 is 4.74 Å². The van der Waals surface area contributed by atoms with Crippen LogP contribution in [-0.2, 0) is 5.41 Å². The first-order valence-corrected chi connectivity index (χ1v) is 7.36. The van der Waals surface area contributed by atoms with E-state index in [1.54, 1.807) is 11.3 Å². The molecule has 3 rings (SSSR count). The molecule has 0 saturated heterocycles. The molecule has 1 nitrogen and oxygen atoms in total. The lowest BCUT2D eigenvalue weighted by molar-refractivity contribution is 0.234. The summed E-state index contributed by atoms with van der Waals surface area (Å²) in [6.45, 7) is 5.34. The third-order valence-electron chi connectivity index (χ3n) is 3.54. The van der Waals surface area contributed by atoms with Gasteiger partial charge in [0.05, 0.1) is 11.5 Å². The standard InChI is InChI=1S/C17H16OS/c1-17(2)9-10-18-16-8-6-13(12-15(16)17)5-7-14-4-3-11-19-14/h3-4,6,8,11-12H,9-10H2,1-2H3. The number of ether oxygens (including phenoxy) is 1. The van der Waals surface area contributed by atoms with E-state index in [9.17, 15) is 0 Å². The van der Waals surface area contributed by atoms with Crippen molar-refractivity contribution in [2.24, 2.45) is 0 Å². The average Bonchev–Trinajstić information content (AvgIpc) is 2.89. The minimum atomic E-state index is 0.175. The number of hydrogen-bond donors (Lipinski definition) is 0. The highest BCUT2D eigenvalue weighted by molar-refractivity contribution is 7.10. The highest BCUT2D eigenvalue weighted by Gasteiger charge is 2.28. The van der Waals surface area contributed by atoms with Gasteiger partial charge in [-0.15, -0.1) is 11.3 Å². The molecule has 1 aromatic heterocycles. The van der Waals surface area contributed by atoms with Crippen molar-refractivity contribution in [1.82, 2.24) is 0 Å². The SMILES string of the molecule is CC1(C)CCOc2ccc(C#Cc3cccs3)cc21. The Labute approximate surface area is 118 Å². The Bertz CT molecular complexity index is 642. The van der Waals surface area contributed by atoms with Gasteiger partial charge < -0.3 is 4.74 Å². The minimum absolute atomic E-state index is 0.175. The number of benzene rings is 1. The summed E-state index contributed by atoms with van der Waals surface area (Å²) in [5.74, 6) is 7.45. The number of thiophene rings is 1. The molecule has 2 heteroatoms. The lowest BCUT2D eigenvalue weighted by Gasteiger charge is -2.32. The zero-order chi connectivity index (χ0) is 13.3. The second kappa shape index (κ2) is 4.75. The van der Waals surface area contributed by atoms with E-state index < -0.39 is 0 Å². The van der Waals surface area contributed by atoms with Crippen LogP contribution in [0.5, 0.6) is 5.75 Å². The maximum Gasteiger partial charge on any atom is 0.123 e. The summed E-state index contributed by atoms with van der Waals surface area (Å²) < 4.78 is 5.72. The van der Waals surface area contributed by atoms with Gasteiger partial charge in [-0.1, -0.05) is 31.8 Å². The van der Waals surface area contributed by atoms with E-state index >= 15 is 0 Å². The lowest BCUT2D eigenvalue weighted by atomic mass is 9.79. The Morgan fingerprint density at radius 3 is 2.89 bits per heavy atom. The fourth-order valence-electron chi connectivity index (χ4n) is 2.30. The molecule has 0 bridgehead atoms. The summed E-state index contributed by atoms with van der Waals surface area (Å²) in [5, 5.41) is 2.05. The van der Waals surface area contributed by atoms with Crippen LogP contribution in [-0.4, -0.2) is 6.61 Å². The number of fused-ring (bicyclic) bond motifs is 1. The van der Waals surface area contributed by atoms with Crippen molar-refractivity contribution in [2.45, 2.75) is 25.7 Å². The fourth-order valence-corrected chi connectivity index (χ4v) is 2.87. The molecule has 1 aliphatic rings. The summed E-state index contributed by atoms with van der Waals surface area (Å²) >= 11 is 1.67. The van der Waals surface area contributed by atoms with Crippen LogP contribution in [0.3, 0.4) is 0 Å². The van der Waals surface area contributed by atoms with E-state index in [1.807, 2.05) is 23.6 Å². The van der Waals surface area contributed by atoms with Gasteiger partial charge in [0, 0.05) is 11.1 Å². The Kier molecular flexibility index (Phi) is 3.08. The summed E-state index contributed by atoms with van der Waals surface area (Å²) in [6.07, 6.45) is 1.06. The first-order chi connectivity index (χ1) is 9.15. The second-order valence-corrected chi connectivity index (χ2v) is 6.37. The van der Waals surface area contributed by atoms with Gasteiger partial charge in [0.25, 0.3) is 0 Å². The van der Waals surface area contributed by atoms with Gasteiger partial charge in [-0.3, -0.25) is 0 Å². The van der Waals surface area contributed by atoms with Crippen LogP contribution in [0.15, 0.2) is 35.7 Å². The van der Waals surface area contributed by atoms with E-state index in [1.165, 1.54) is 5.56 Å². The quantitative estimate of drug-likeness (QED) is 0.650. The Balaban J connectivity index is 1.97. The third kappa shape index (κ3) is 2.52. The van der Waals surface area contributed by atoms with E-state index in [0.29, 0.717) is 0 Å². The molecule has 2 heterocycles. The zero-order valence-corrected chi connectivity index (χ0v) is 12.0. The van der Waals surface area contributed by atoms with Gasteiger partial charge >= 0.3 is 0 Å². The number of hydrogen-bond acceptors (Lipinski definition) is 2. The Hall–Kier alpha value is -1.72. The predicted octanol–water partition coefficient (Wildman–Crippen LogP) is 4.21. The molecule has 0 fully saturated rings. The van der Waals surface area contributed by atoms with Gasteiger partial charge in [0.2, 0.25) is 0 Å². The molecule has 0 amide bonds. The molecule has 0 saturated carbocycles. The molecule has 0 aliphatic carbocycles. The van der Waals surface area contributed by atoms with Crippen LogP contribution in [0.1, 0.15) is 36.3 Å². The molecule has 2 aromatic rings. The van der Waals surface area contributed by atoms with Crippen molar-refractivity contribution >= 4 is 11.3 Å². The van der Waals surface area contributed by atoms with Gasteiger partial charge in [-0.25, -0.2) is 0 Å². The first kappa shape index (κ1) is 12.3. The topological polar surface area (TPSA) is 9.23 Å². The van der Waals surface area contributed by atoms with Gasteiger partial charge in [-0.05, 0) is 41.5 Å². The van der Waals surface area contributed by atoms with Crippen LogP contribution in [0.25, 0.3) is 0 Å². The Morgan fingerprint density at radius 1 is 1.21 bits per heavy atom. The molecule has 1 aromatic carbocycles. The van der Waals surface area contributed by atoms with Gasteiger partial charge in [0.1, 0.15) is 5.75 Å². The maximum atomic E-state index is 5.72. The van der Waals surface area contributed by atoms with Crippen LogP contribution in [0, 0.1) is 11.8 Å². The highest BCUT2D eigenvalue weighted by atomic mass is 32.1. The molecule has 1 aliphatic heterocycles. The molecule has 0 spiro atoms. The van der Waals surface area contributed by atoms with Crippen molar-refractivity contribution in [3.05, 3.63) is 51.7 Å². The average molecular weight is 268 g/mol. The van der Waals surface area contributed by atoms with Crippen LogP contribution in [0.2, 0.25) is 0 Å². The van der Waals surface area contributed by atoms with Crippen molar-refractivity contribution in [3.8, 4) is 17.6 Å². The van der Waals surface area contributed by atoms with Gasteiger partial charge in [-0.2, -0.15) is 0 Å². The van der Waals surface area contributed by atoms with Crippen LogP contribution < -0.4 is 4.74 Å². The molecular weight excluding hydrogens is 252 g/mol. The van der Waals surface area contributed by atoms with Gasteiger partial charge in [0.15, 0.2) is 0 Å². The minimum Gasteiger partial charge on any atom is -0.493 e. The van der Waals surface area contributed by atoms with Crippen LogP contribution >= 0.6 is 11.3 Å². The summed E-state index contributed by atoms with van der Waals surface area (Å²) in [7, 11) is 0. The summed E-state index contributed by atoms with van der Waals surface area (Å²) in [6, 6.07) is 10.3. The van der Waals surface area contributed by atoms with Crippen molar-refractivity contribution in [3.63, 3.8) is 0 Å². The Morgan fingerprint density at radius 2 is 2.11 bits per heavy atom. The molecule has 96 valence electrons. The molecule has 0 unspecified atom stereocenters. The first-order valence-electron chi connectivity index (χ1n) is 6.48. The van der Waals surface area contributed by atoms with E-state index in [2.05, 4.69) is 37.8 Å².